The summed E-state index contributed by atoms with van der Waals surface area (Å²) in [7, 11) is -3.55. The molecule has 0 spiro atoms. The van der Waals surface area contributed by atoms with Crippen LogP contribution in [0.25, 0.3) is 0 Å². The lowest BCUT2D eigenvalue weighted by molar-refractivity contribution is -0.126. The predicted octanol–water partition coefficient (Wildman–Crippen LogP) is -0.560. The van der Waals surface area contributed by atoms with Gasteiger partial charge in [-0.05, 0) is 20.3 Å². The van der Waals surface area contributed by atoms with E-state index in [1.807, 2.05) is 0 Å². The van der Waals surface area contributed by atoms with E-state index in [9.17, 15) is 13.2 Å². The molecule has 1 rings (SSSR count). The normalized spacial score (nSPS) is 23.5. The first-order valence-electron chi connectivity index (χ1n) is 5.45. The summed E-state index contributed by atoms with van der Waals surface area (Å²) in [5.74, 6) is -0.220. The van der Waals surface area contributed by atoms with Gasteiger partial charge in [-0.15, -0.1) is 0 Å². The third kappa shape index (κ3) is 2.93. The van der Waals surface area contributed by atoms with Gasteiger partial charge in [0.05, 0.1) is 0 Å². The first-order chi connectivity index (χ1) is 7.38. The Labute approximate surface area is 96.6 Å². The number of nitrogens with zero attached hydrogens (tertiary/aromatic N) is 1. The predicted molar refractivity (Wildman–Crippen MR) is 61.0 cm³/mol. The van der Waals surface area contributed by atoms with Crippen molar-refractivity contribution in [2.45, 2.75) is 39.3 Å². The largest absolute Gasteiger partial charge is 0.353 e. The number of carbonyl (C=O) groups excluding carboxylic acids is 1. The van der Waals surface area contributed by atoms with Gasteiger partial charge in [0.25, 0.3) is 10.2 Å². The van der Waals surface area contributed by atoms with E-state index in [-0.39, 0.29) is 11.9 Å². The van der Waals surface area contributed by atoms with Crippen LogP contribution in [0.15, 0.2) is 0 Å². The second-order valence-corrected chi connectivity index (χ2v) is 5.76. The summed E-state index contributed by atoms with van der Waals surface area (Å²) in [4.78, 5) is 11.5. The van der Waals surface area contributed by atoms with Crippen LogP contribution in [-0.2, 0) is 15.0 Å². The Morgan fingerprint density at radius 3 is 2.69 bits per heavy atom. The van der Waals surface area contributed by atoms with Crippen LogP contribution < -0.4 is 10.0 Å². The van der Waals surface area contributed by atoms with E-state index < -0.39 is 16.3 Å². The van der Waals surface area contributed by atoms with E-state index in [1.54, 1.807) is 20.8 Å². The molecule has 1 heterocycles. The maximum Gasteiger partial charge on any atom is 0.280 e. The van der Waals surface area contributed by atoms with Crippen molar-refractivity contribution in [1.29, 1.82) is 0 Å². The summed E-state index contributed by atoms with van der Waals surface area (Å²) in [6, 6.07) is -0.766. The maximum atomic E-state index is 11.9. The highest BCUT2D eigenvalue weighted by Gasteiger charge is 2.36. The van der Waals surface area contributed by atoms with Gasteiger partial charge in [-0.1, -0.05) is 6.92 Å². The Bertz CT molecular complexity index is 353. The lowest BCUT2D eigenvalue weighted by Crippen LogP contribution is -2.59. The maximum absolute atomic E-state index is 11.9. The summed E-state index contributed by atoms with van der Waals surface area (Å²) in [6.07, 6.45) is 0.477. The molecule has 1 aliphatic rings. The lowest BCUT2D eigenvalue weighted by Gasteiger charge is -2.33. The molecule has 0 saturated carbocycles. The second kappa shape index (κ2) is 5.11. The van der Waals surface area contributed by atoms with Crippen LogP contribution in [0.5, 0.6) is 0 Å². The minimum absolute atomic E-state index is 0.174. The molecule has 1 fully saturated rings. The van der Waals surface area contributed by atoms with Gasteiger partial charge in [0.1, 0.15) is 6.04 Å². The molecule has 0 aliphatic carbocycles. The van der Waals surface area contributed by atoms with Crippen molar-refractivity contribution in [3.63, 3.8) is 0 Å². The molecular weight excluding hydrogens is 230 g/mol. The Balaban J connectivity index is 2.88. The third-order valence-electron chi connectivity index (χ3n) is 2.36. The molecule has 0 aromatic carbocycles. The highest BCUT2D eigenvalue weighted by Crippen LogP contribution is 2.12. The molecule has 16 heavy (non-hydrogen) atoms. The van der Waals surface area contributed by atoms with Gasteiger partial charge in [-0.2, -0.15) is 17.4 Å². The minimum atomic E-state index is -3.55. The van der Waals surface area contributed by atoms with Crippen LogP contribution in [0.1, 0.15) is 27.2 Å². The van der Waals surface area contributed by atoms with Gasteiger partial charge < -0.3 is 5.32 Å². The van der Waals surface area contributed by atoms with Crippen molar-refractivity contribution in [3.8, 4) is 0 Å². The van der Waals surface area contributed by atoms with Crippen molar-refractivity contribution in [2.24, 2.45) is 0 Å². The van der Waals surface area contributed by atoms with Gasteiger partial charge in [0.15, 0.2) is 0 Å². The SMILES string of the molecule is CCC1C(=O)NCCN1S(=O)(=O)NC(C)C. The van der Waals surface area contributed by atoms with Crippen molar-refractivity contribution in [1.82, 2.24) is 14.3 Å². The van der Waals surface area contributed by atoms with Crippen LogP contribution in [0.2, 0.25) is 0 Å². The van der Waals surface area contributed by atoms with Gasteiger partial charge in [0, 0.05) is 19.1 Å². The van der Waals surface area contributed by atoms with E-state index in [0.29, 0.717) is 19.5 Å². The zero-order valence-corrected chi connectivity index (χ0v) is 10.7. The topological polar surface area (TPSA) is 78.5 Å². The number of hydrogen-bond donors (Lipinski definition) is 2. The first kappa shape index (κ1) is 13.4. The number of carbonyl (C=O) groups is 1. The fourth-order valence-corrected chi connectivity index (χ4v) is 3.38. The zero-order chi connectivity index (χ0) is 12.3. The molecule has 94 valence electrons. The van der Waals surface area contributed by atoms with E-state index in [2.05, 4.69) is 10.0 Å². The first-order valence-corrected chi connectivity index (χ1v) is 6.89. The van der Waals surface area contributed by atoms with Gasteiger partial charge in [-0.25, -0.2) is 0 Å². The standard InChI is InChI=1S/C9H19N3O3S/c1-4-8-9(13)10-5-6-12(8)16(14,15)11-7(2)3/h7-8,11H,4-6H2,1-3H3,(H,10,13). The molecule has 0 bridgehead atoms. The number of piperazine rings is 1. The fraction of sp³-hybridized carbons (Fsp3) is 0.889. The number of hydrogen-bond acceptors (Lipinski definition) is 3. The van der Waals surface area contributed by atoms with Crippen LogP contribution >= 0.6 is 0 Å². The molecule has 1 saturated heterocycles. The monoisotopic (exact) mass is 249 g/mol. The van der Waals surface area contributed by atoms with Crippen molar-refractivity contribution in [3.05, 3.63) is 0 Å². The number of nitrogens with one attached hydrogen (secondary N) is 2. The zero-order valence-electron chi connectivity index (χ0n) is 9.86. The molecule has 1 atom stereocenters. The van der Waals surface area contributed by atoms with E-state index in [0.717, 1.165) is 0 Å². The smallest absolute Gasteiger partial charge is 0.280 e. The Morgan fingerprint density at radius 2 is 2.19 bits per heavy atom. The summed E-state index contributed by atoms with van der Waals surface area (Å²) in [6.45, 7) is 6.00. The fourth-order valence-electron chi connectivity index (χ4n) is 1.74. The minimum Gasteiger partial charge on any atom is -0.353 e. The molecule has 7 heteroatoms. The summed E-state index contributed by atoms with van der Waals surface area (Å²) < 4.78 is 27.6. The second-order valence-electron chi connectivity index (χ2n) is 4.10. The van der Waals surface area contributed by atoms with Gasteiger partial charge in [-0.3, -0.25) is 4.79 Å². The van der Waals surface area contributed by atoms with Crippen molar-refractivity contribution in [2.75, 3.05) is 13.1 Å². The quantitative estimate of drug-likeness (QED) is 0.701. The van der Waals surface area contributed by atoms with Crippen molar-refractivity contribution >= 4 is 16.1 Å². The highest BCUT2D eigenvalue weighted by atomic mass is 32.2. The summed E-state index contributed by atoms with van der Waals surface area (Å²) in [5.41, 5.74) is 0. The molecular formula is C9H19N3O3S. The molecule has 1 aliphatic heterocycles. The molecule has 0 aromatic heterocycles. The van der Waals surface area contributed by atoms with Crippen molar-refractivity contribution < 1.29 is 13.2 Å². The average Bonchev–Trinajstić information content (AvgIpc) is 2.15. The Kier molecular flexibility index (Phi) is 4.28. The number of amides is 1. The van der Waals surface area contributed by atoms with Gasteiger partial charge in [0.2, 0.25) is 5.91 Å². The van der Waals surface area contributed by atoms with Crippen LogP contribution in [0.4, 0.5) is 0 Å². The van der Waals surface area contributed by atoms with Gasteiger partial charge >= 0.3 is 0 Å². The summed E-state index contributed by atoms with van der Waals surface area (Å²) in [5, 5.41) is 2.67. The number of rotatable bonds is 4. The molecule has 2 N–H and O–H groups in total. The Morgan fingerprint density at radius 1 is 1.56 bits per heavy atom. The van der Waals surface area contributed by atoms with Crippen LogP contribution in [0, 0.1) is 0 Å². The molecule has 0 radical (unpaired) electrons. The highest BCUT2D eigenvalue weighted by molar-refractivity contribution is 7.87. The lowest BCUT2D eigenvalue weighted by atomic mass is 10.2. The van der Waals surface area contributed by atoms with Crippen LogP contribution in [0.3, 0.4) is 0 Å². The third-order valence-corrected chi connectivity index (χ3v) is 4.19. The van der Waals surface area contributed by atoms with E-state index in [4.69, 9.17) is 0 Å². The Hall–Kier alpha value is -0.660. The summed E-state index contributed by atoms with van der Waals surface area (Å²) >= 11 is 0. The van der Waals surface area contributed by atoms with E-state index in [1.165, 1.54) is 4.31 Å². The van der Waals surface area contributed by atoms with Crippen LogP contribution in [-0.4, -0.2) is 43.8 Å². The molecule has 6 nitrogen and oxygen atoms in total. The molecule has 0 aromatic rings. The molecule has 1 amide bonds. The van der Waals surface area contributed by atoms with E-state index >= 15 is 0 Å². The average molecular weight is 249 g/mol. The molecule has 1 unspecified atom stereocenters.